The molecule has 2 saturated heterocycles. The van der Waals surface area contributed by atoms with Crippen LogP contribution in [0.1, 0.15) is 19.8 Å². The molecule has 2 atom stereocenters. The smallest absolute Gasteiger partial charge is 0.229 e. The third-order valence-corrected chi connectivity index (χ3v) is 8.56. The lowest BCUT2D eigenvalue weighted by Crippen LogP contribution is -2.60. The van der Waals surface area contributed by atoms with E-state index in [2.05, 4.69) is 49.5 Å². The standard InChI is InChI=1S/C29H33N7O4/c1-29(16-39-15-24(29)37)36-9-7-35(8-10-36)18-5-6-23-22(11-18)33-28(40-23)21-14-32-26(30-2)20-13-31-25(12-19(20)21)34-27(38)17-3-4-17/h5-6,11-14,17,24,37H,3-4,7-10,15-16H2,1-2H3,(H,30,32)(H,31,34,38)/t24-,29+/m1/s1. The molecule has 0 radical (unpaired) electrons. The third kappa shape index (κ3) is 4.34. The van der Waals surface area contributed by atoms with Crippen molar-refractivity contribution in [3.63, 3.8) is 0 Å². The number of hydrogen-bond donors (Lipinski definition) is 3. The van der Waals surface area contributed by atoms with Gasteiger partial charge < -0.3 is 29.8 Å². The lowest BCUT2D eigenvalue weighted by atomic mass is 9.95. The Morgan fingerprint density at radius 2 is 1.93 bits per heavy atom. The van der Waals surface area contributed by atoms with E-state index < -0.39 is 6.10 Å². The zero-order valence-corrected chi connectivity index (χ0v) is 22.7. The minimum absolute atomic E-state index is 0.00776. The van der Waals surface area contributed by atoms with Crippen LogP contribution in [0.25, 0.3) is 33.3 Å². The molecule has 11 nitrogen and oxygen atoms in total. The van der Waals surface area contributed by atoms with Gasteiger partial charge in [0.2, 0.25) is 11.8 Å². The number of aliphatic hydroxyl groups is 1. The Kier molecular flexibility index (Phi) is 6.10. The van der Waals surface area contributed by atoms with Gasteiger partial charge in [0.1, 0.15) is 17.2 Å². The Morgan fingerprint density at radius 1 is 1.10 bits per heavy atom. The largest absolute Gasteiger partial charge is 0.436 e. The van der Waals surface area contributed by atoms with E-state index in [4.69, 9.17) is 14.1 Å². The number of piperazine rings is 1. The second-order valence-corrected chi connectivity index (χ2v) is 11.2. The van der Waals surface area contributed by atoms with Gasteiger partial charge in [0.05, 0.1) is 30.4 Å². The van der Waals surface area contributed by atoms with Gasteiger partial charge in [-0.15, -0.1) is 0 Å². The van der Waals surface area contributed by atoms with E-state index in [1.165, 1.54) is 0 Å². The molecule has 1 aromatic carbocycles. The Labute approximate surface area is 231 Å². The van der Waals surface area contributed by atoms with Gasteiger partial charge in [-0.25, -0.2) is 15.0 Å². The summed E-state index contributed by atoms with van der Waals surface area (Å²) in [6, 6.07) is 7.95. The molecule has 2 aliphatic heterocycles. The van der Waals surface area contributed by atoms with Crippen LogP contribution in [0.5, 0.6) is 0 Å². The van der Waals surface area contributed by atoms with Crippen LogP contribution in [0.15, 0.2) is 41.1 Å². The minimum atomic E-state index is -0.460. The van der Waals surface area contributed by atoms with Gasteiger partial charge in [-0.05, 0) is 44.0 Å². The predicted octanol–water partition coefficient (Wildman–Crippen LogP) is 3.10. The van der Waals surface area contributed by atoms with Crippen molar-refractivity contribution in [2.75, 3.05) is 62.0 Å². The first-order chi connectivity index (χ1) is 19.4. The summed E-state index contributed by atoms with van der Waals surface area (Å²) in [5, 5.41) is 18.2. The van der Waals surface area contributed by atoms with Crippen LogP contribution in [0.2, 0.25) is 0 Å². The number of fused-ring (bicyclic) bond motifs is 2. The average Bonchev–Trinajstić information content (AvgIpc) is 3.66. The van der Waals surface area contributed by atoms with Crippen LogP contribution < -0.4 is 15.5 Å². The number of rotatable bonds is 6. The first-order valence-corrected chi connectivity index (χ1v) is 13.9. The molecule has 11 heteroatoms. The number of anilines is 3. The number of carbonyl (C=O) groups excluding carboxylic acids is 1. The number of nitrogens with zero attached hydrogens (tertiary/aromatic N) is 5. The quantitative estimate of drug-likeness (QED) is 0.334. The SMILES string of the molecule is CNc1ncc(-c2nc3cc(N4CCN([C@@]5(C)COC[C@H]5O)CC4)ccc3o2)c2cc(NC(=O)C3CC3)ncc12. The Hall–Kier alpha value is -3.80. The van der Waals surface area contributed by atoms with Crippen molar-refractivity contribution >= 4 is 45.1 Å². The summed E-state index contributed by atoms with van der Waals surface area (Å²) in [5.74, 6) is 1.75. The Morgan fingerprint density at radius 3 is 2.65 bits per heavy atom. The number of carbonyl (C=O) groups is 1. The van der Waals surface area contributed by atoms with Gasteiger partial charge in [0, 0.05) is 68.0 Å². The van der Waals surface area contributed by atoms with E-state index in [0.717, 1.165) is 66.6 Å². The zero-order chi connectivity index (χ0) is 27.4. The molecule has 1 aliphatic carbocycles. The fraction of sp³-hybridized carbons (Fsp3) is 0.448. The molecule has 0 spiro atoms. The molecule has 4 aromatic rings. The summed E-state index contributed by atoms with van der Waals surface area (Å²) < 4.78 is 11.8. The number of nitrogens with one attached hydrogen (secondary N) is 2. The van der Waals surface area contributed by atoms with Crippen molar-refractivity contribution in [2.45, 2.75) is 31.4 Å². The van der Waals surface area contributed by atoms with Crippen LogP contribution in [0, 0.1) is 5.92 Å². The number of oxazole rings is 1. The fourth-order valence-electron chi connectivity index (χ4n) is 5.81. The lowest BCUT2D eigenvalue weighted by molar-refractivity contribution is -0.117. The highest BCUT2D eigenvalue weighted by molar-refractivity contribution is 6.03. The summed E-state index contributed by atoms with van der Waals surface area (Å²) in [6.45, 7) is 6.44. The van der Waals surface area contributed by atoms with Crippen LogP contribution >= 0.6 is 0 Å². The van der Waals surface area contributed by atoms with Crippen LogP contribution in [-0.4, -0.2) is 88.9 Å². The molecule has 3 fully saturated rings. The van der Waals surface area contributed by atoms with E-state index >= 15 is 0 Å². The Bertz CT molecular complexity index is 1590. The number of ether oxygens (including phenoxy) is 1. The highest BCUT2D eigenvalue weighted by atomic mass is 16.5. The molecule has 0 bridgehead atoms. The molecule has 208 valence electrons. The fourth-order valence-corrected chi connectivity index (χ4v) is 5.81. The molecule has 1 saturated carbocycles. The van der Waals surface area contributed by atoms with E-state index in [1.807, 2.05) is 19.2 Å². The second kappa shape index (κ2) is 9.69. The van der Waals surface area contributed by atoms with Gasteiger partial charge in [-0.1, -0.05) is 0 Å². The number of aliphatic hydroxyl groups excluding tert-OH is 1. The molecule has 1 amide bonds. The second-order valence-electron chi connectivity index (χ2n) is 11.2. The van der Waals surface area contributed by atoms with Crippen molar-refractivity contribution in [1.29, 1.82) is 0 Å². The van der Waals surface area contributed by atoms with Crippen LogP contribution in [0.4, 0.5) is 17.3 Å². The monoisotopic (exact) mass is 543 g/mol. The van der Waals surface area contributed by atoms with Gasteiger partial charge in [-0.2, -0.15) is 0 Å². The summed E-state index contributed by atoms with van der Waals surface area (Å²) >= 11 is 0. The molecule has 0 unspecified atom stereocenters. The lowest BCUT2D eigenvalue weighted by Gasteiger charge is -2.45. The molecule has 5 heterocycles. The Balaban J connectivity index is 1.16. The van der Waals surface area contributed by atoms with Gasteiger partial charge in [0.25, 0.3) is 0 Å². The first-order valence-electron chi connectivity index (χ1n) is 13.9. The van der Waals surface area contributed by atoms with Crippen molar-refractivity contribution in [3.8, 4) is 11.5 Å². The summed E-state index contributed by atoms with van der Waals surface area (Å²) in [7, 11) is 1.81. The van der Waals surface area contributed by atoms with Gasteiger partial charge in [0.15, 0.2) is 5.58 Å². The van der Waals surface area contributed by atoms with Crippen LogP contribution in [0.3, 0.4) is 0 Å². The molecule has 3 N–H and O–H groups in total. The molecular formula is C29H33N7O4. The number of pyridine rings is 2. The highest BCUT2D eigenvalue weighted by Crippen LogP contribution is 2.36. The normalized spacial score (nSPS) is 23.7. The van der Waals surface area contributed by atoms with E-state index in [0.29, 0.717) is 36.3 Å². The summed E-state index contributed by atoms with van der Waals surface area (Å²) in [6.07, 6.45) is 4.86. The van der Waals surface area contributed by atoms with Crippen molar-refractivity contribution < 1.29 is 19.1 Å². The van der Waals surface area contributed by atoms with E-state index in [9.17, 15) is 9.90 Å². The molecule has 40 heavy (non-hydrogen) atoms. The van der Waals surface area contributed by atoms with Gasteiger partial charge >= 0.3 is 0 Å². The molecule has 3 aromatic heterocycles. The number of benzene rings is 1. The first kappa shape index (κ1) is 25.2. The third-order valence-electron chi connectivity index (χ3n) is 8.56. The highest BCUT2D eigenvalue weighted by Gasteiger charge is 2.44. The molecule has 3 aliphatic rings. The van der Waals surface area contributed by atoms with Crippen molar-refractivity contribution in [3.05, 3.63) is 36.7 Å². The number of hydrogen-bond acceptors (Lipinski definition) is 10. The maximum absolute atomic E-state index is 12.4. The number of amides is 1. The maximum Gasteiger partial charge on any atom is 0.229 e. The molecular weight excluding hydrogens is 510 g/mol. The van der Waals surface area contributed by atoms with Crippen LogP contribution in [-0.2, 0) is 9.53 Å². The summed E-state index contributed by atoms with van der Waals surface area (Å²) in [5.41, 5.74) is 2.95. The topological polar surface area (TPSA) is 129 Å². The van der Waals surface area contributed by atoms with Crippen molar-refractivity contribution in [2.24, 2.45) is 5.92 Å². The molecule has 7 rings (SSSR count). The zero-order valence-electron chi connectivity index (χ0n) is 22.7. The van der Waals surface area contributed by atoms with Crippen molar-refractivity contribution in [1.82, 2.24) is 19.9 Å². The van der Waals surface area contributed by atoms with E-state index in [-0.39, 0.29) is 17.4 Å². The van der Waals surface area contributed by atoms with E-state index in [1.54, 1.807) is 12.4 Å². The maximum atomic E-state index is 12.4. The average molecular weight is 544 g/mol. The minimum Gasteiger partial charge on any atom is -0.436 e. The summed E-state index contributed by atoms with van der Waals surface area (Å²) in [4.78, 5) is 30.9. The van der Waals surface area contributed by atoms with Gasteiger partial charge in [-0.3, -0.25) is 9.69 Å². The number of aromatic nitrogens is 3. The predicted molar refractivity (Wildman–Crippen MR) is 152 cm³/mol.